The SMILES string of the molecule is C=C[CH2][Sn]([CH2]C=C)([O]C(=O)CCC)[O]C(=O)CCC. The second-order valence-corrected chi connectivity index (χ2v) is 13.0. The number of carbonyl (C=O) groups excluding carboxylic acids is 2. The van der Waals surface area contributed by atoms with Gasteiger partial charge in [0.1, 0.15) is 0 Å². The van der Waals surface area contributed by atoms with E-state index in [0.29, 0.717) is 34.6 Å². The number of allylic oxidation sites excluding steroid dienone is 2. The molecule has 0 spiro atoms. The van der Waals surface area contributed by atoms with Crippen molar-refractivity contribution < 1.29 is 15.7 Å². The maximum absolute atomic E-state index is 11.7. The molecule has 4 nitrogen and oxygen atoms in total. The van der Waals surface area contributed by atoms with Crippen molar-refractivity contribution in [2.45, 2.75) is 48.4 Å². The quantitative estimate of drug-likeness (QED) is 0.434. The molecule has 19 heavy (non-hydrogen) atoms. The van der Waals surface area contributed by atoms with E-state index in [-0.39, 0.29) is 11.9 Å². The van der Waals surface area contributed by atoms with Crippen LogP contribution in [-0.2, 0) is 15.7 Å². The molecule has 0 aliphatic rings. The molecular weight excluding hydrogens is 351 g/mol. The van der Waals surface area contributed by atoms with Crippen LogP contribution in [0, 0.1) is 0 Å². The first-order valence-corrected chi connectivity index (χ1v) is 13.1. The van der Waals surface area contributed by atoms with Gasteiger partial charge in [-0.15, -0.1) is 0 Å². The van der Waals surface area contributed by atoms with Crippen LogP contribution in [0.2, 0.25) is 8.87 Å². The minimum absolute atomic E-state index is 0.286. The third kappa shape index (κ3) is 7.40. The molecule has 0 bridgehead atoms. The van der Waals surface area contributed by atoms with E-state index in [9.17, 15) is 9.59 Å². The molecule has 0 fully saturated rings. The van der Waals surface area contributed by atoms with Crippen LogP contribution >= 0.6 is 0 Å². The fourth-order valence-corrected chi connectivity index (χ4v) is 8.64. The second-order valence-electron chi connectivity index (χ2n) is 4.34. The summed E-state index contributed by atoms with van der Waals surface area (Å²) in [7, 11) is 0. The van der Waals surface area contributed by atoms with Crippen molar-refractivity contribution in [3.05, 3.63) is 25.3 Å². The van der Waals surface area contributed by atoms with E-state index in [4.69, 9.17) is 6.15 Å². The monoisotopic (exact) mass is 376 g/mol. The molecule has 0 atom stereocenters. The molecule has 0 saturated carbocycles. The molecule has 0 aromatic rings. The number of rotatable bonds is 10. The average Bonchev–Trinajstić information content (AvgIpc) is 2.29. The summed E-state index contributed by atoms with van der Waals surface area (Å²) < 4.78 is 12.1. The zero-order valence-electron chi connectivity index (χ0n) is 11.9. The third-order valence-corrected chi connectivity index (χ3v) is 11.0. The summed E-state index contributed by atoms with van der Waals surface area (Å²) in [5, 5.41) is 0. The summed E-state index contributed by atoms with van der Waals surface area (Å²) in [6.45, 7) is 11.2. The Hall–Kier alpha value is -0.781. The van der Waals surface area contributed by atoms with Gasteiger partial charge in [-0.05, 0) is 0 Å². The number of hydrogen-bond acceptors (Lipinski definition) is 4. The van der Waals surface area contributed by atoms with Gasteiger partial charge in [-0.25, -0.2) is 0 Å². The van der Waals surface area contributed by atoms with E-state index < -0.39 is 19.2 Å². The number of hydrogen-bond donors (Lipinski definition) is 0. The first-order chi connectivity index (χ1) is 9.03. The van der Waals surface area contributed by atoms with Crippen LogP contribution in [-0.4, -0.2) is 31.1 Å². The molecule has 0 heterocycles. The molecule has 0 aromatic carbocycles. The Morgan fingerprint density at radius 1 is 0.947 bits per heavy atom. The Balaban J connectivity index is 4.93. The van der Waals surface area contributed by atoms with Gasteiger partial charge in [0.15, 0.2) is 0 Å². The van der Waals surface area contributed by atoms with Crippen molar-refractivity contribution in [1.29, 1.82) is 0 Å². The van der Waals surface area contributed by atoms with E-state index in [1.807, 2.05) is 13.8 Å². The molecule has 0 N–H and O–H groups in total. The van der Waals surface area contributed by atoms with Gasteiger partial charge < -0.3 is 0 Å². The summed E-state index contributed by atoms with van der Waals surface area (Å²) in [4.78, 5) is 23.4. The van der Waals surface area contributed by atoms with E-state index in [1.54, 1.807) is 12.2 Å². The fraction of sp³-hybridized carbons (Fsp3) is 0.571. The maximum atomic E-state index is 11.7. The van der Waals surface area contributed by atoms with E-state index in [0.717, 1.165) is 0 Å². The summed E-state index contributed by atoms with van der Waals surface area (Å²) in [5.41, 5.74) is 0. The van der Waals surface area contributed by atoms with Gasteiger partial charge in [0.2, 0.25) is 0 Å². The van der Waals surface area contributed by atoms with Gasteiger partial charge in [0.25, 0.3) is 0 Å². The van der Waals surface area contributed by atoms with Gasteiger partial charge in [0.05, 0.1) is 0 Å². The zero-order valence-corrected chi connectivity index (χ0v) is 14.8. The van der Waals surface area contributed by atoms with Crippen molar-refractivity contribution >= 4 is 31.1 Å². The van der Waals surface area contributed by atoms with Gasteiger partial charge in [0, 0.05) is 0 Å². The van der Waals surface area contributed by atoms with Crippen LogP contribution in [0.25, 0.3) is 0 Å². The van der Waals surface area contributed by atoms with Crippen molar-refractivity contribution in [1.82, 2.24) is 0 Å². The molecule has 0 aliphatic carbocycles. The standard InChI is InChI=1S/2C4H8O2.2C3H5.Sn/c2*1-2-3-4(5)6;2*1-3-2;/h2*2-3H2,1H3,(H,5,6);2*3H,1-2H2;/q;;;;+2/p-2. The minimum atomic E-state index is -3.77. The summed E-state index contributed by atoms with van der Waals surface area (Å²) in [5.74, 6) is -0.572. The average molecular weight is 375 g/mol. The Kier molecular flexibility index (Phi) is 9.65. The van der Waals surface area contributed by atoms with Crippen LogP contribution in [0.1, 0.15) is 39.5 Å². The Morgan fingerprint density at radius 2 is 1.32 bits per heavy atom. The van der Waals surface area contributed by atoms with Gasteiger partial charge in [-0.1, -0.05) is 0 Å². The van der Waals surface area contributed by atoms with Crippen molar-refractivity contribution in [2.75, 3.05) is 0 Å². The summed E-state index contributed by atoms with van der Waals surface area (Å²) in [6.07, 6.45) is 5.45. The van der Waals surface area contributed by atoms with Gasteiger partial charge in [-0.3, -0.25) is 0 Å². The van der Waals surface area contributed by atoms with Gasteiger partial charge in [-0.2, -0.15) is 0 Å². The Labute approximate surface area is 120 Å². The molecule has 0 unspecified atom stereocenters. The first-order valence-electron chi connectivity index (χ1n) is 6.69. The van der Waals surface area contributed by atoms with Crippen molar-refractivity contribution in [2.24, 2.45) is 0 Å². The van der Waals surface area contributed by atoms with E-state index in [1.165, 1.54) is 0 Å². The Bertz CT molecular complexity index is 293. The zero-order chi connectivity index (χ0) is 14.7. The Morgan fingerprint density at radius 3 is 1.58 bits per heavy atom. The van der Waals surface area contributed by atoms with Crippen LogP contribution < -0.4 is 0 Å². The summed E-state index contributed by atoms with van der Waals surface area (Å²) >= 11 is -3.77. The second kappa shape index (κ2) is 10.1. The summed E-state index contributed by atoms with van der Waals surface area (Å²) in [6, 6.07) is 0. The van der Waals surface area contributed by atoms with Crippen LogP contribution in [0.15, 0.2) is 25.3 Å². The van der Waals surface area contributed by atoms with E-state index in [2.05, 4.69) is 13.2 Å². The topological polar surface area (TPSA) is 52.6 Å². The predicted octanol–water partition coefficient (Wildman–Crippen LogP) is 3.49. The predicted molar refractivity (Wildman–Crippen MR) is 77.8 cm³/mol. The van der Waals surface area contributed by atoms with Crippen molar-refractivity contribution in [3.8, 4) is 0 Å². The molecule has 0 aromatic heterocycles. The van der Waals surface area contributed by atoms with Crippen molar-refractivity contribution in [3.63, 3.8) is 0 Å². The molecule has 0 aliphatic heterocycles. The molecule has 0 rings (SSSR count). The fourth-order valence-electron chi connectivity index (χ4n) is 1.64. The van der Waals surface area contributed by atoms with Gasteiger partial charge >= 0.3 is 121 Å². The van der Waals surface area contributed by atoms with Crippen LogP contribution in [0.5, 0.6) is 0 Å². The van der Waals surface area contributed by atoms with E-state index >= 15 is 0 Å². The molecule has 5 heteroatoms. The molecule has 0 radical (unpaired) electrons. The molecular formula is C14H24O4Sn. The normalized spacial score (nSPS) is 10.6. The molecule has 0 saturated heterocycles. The number of carbonyl (C=O) groups is 2. The van der Waals surface area contributed by atoms with Crippen LogP contribution in [0.4, 0.5) is 0 Å². The first kappa shape index (κ1) is 18.2. The molecule has 0 amide bonds. The van der Waals surface area contributed by atoms with Crippen LogP contribution in [0.3, 0.4) is 0 Å². The third-order valence-electron chi connectivity index (χ3n) is 2.42. The molecule has 108 valence electrons.